The van der Waals surface area contributed by atoms with Crippen molar-refractivity contribution in [1.82, 2.24) is 4.90 Å². The molecule has 7 nitrogen and oxygen atoms in total. The maximum absolute atomic E-state index is 13.1. The van der Waals surface area contributed by atoms with Crippen LogP contribution in [-0.2, 0) is 9.59 Å². The van der Waals surface area contributed by atoms with E-state index < -0.39 is 17.1 Å². The first kappa shape index (κ1) is 27.5. The molecular weight excluding hydrogens is 498 g/mol. The number of imide groups is 1. The Morgan fingerprint density at radius 2 is 1.82 bits per heavy atom. The summed E-state index contributed by atoms with van der Waals surface area (Å²) in [4.78, 5) is 42.1. The standard InChI is InChI=1S/C30H35N3O4S/c1-7-13-33-25-14-19(3)21(15-24(25)20(4)17-30(33,5)6)16-26-28(35)32(29(36)38-26)18-27(34)31-22-9-11-23(12-10-22)37-8-2/h9-12,14-17H,7-8,13,18H2,1-6H3,(H,31,34)/b26-16+. The van der Waals surface area contributed by atoms with Gasteiger partial charge in [-0.15, -0.1) is 0 Å². The lowest BCUT2D eigenvalue weighted by Crippen LogP contribution is -2.45. The molecule has 1 N–H and O–H groups in total. The van der Waals surface area contributed by atoms with Crippen LogP contribution in [0.25, 0.3) is 11.6 Å². The van der Waals surface area contributed by atoms with E-state index in [0.29, 0.717) is 22.9 Å². The Balaban J connectivity index is 1.52. The number of aryl methyl sites for hydroxylation is 1. The Morgan fingerprint density at radius 3 is 2.47 bits per heavy atom. The van der Waals surface area contributed by atoms with Crippen molar-refractivity contribution in [2.24, 2.45) is 0 Å². The minimum absolute atomic E-state index is 0.0877. The summed E-state index contributed by atoms with van der Waals surface area (Å²) < 4.78 is 5.41. The summed E-state index contributed by atoms with van der Waals surface area (Å²) in [7, 11) is 0. The monoisotopic (exact) mass is 533 g/mol. The van der Waals surface area contributed by atoms with Crippen LogP contribution in [0.2, 0.25) is 0 Å². The molecule has 38 heavy (non-hydrogen) atoms. The average Bonchev–Trinajstić information content (AvgIpc) is 3.11. The Bertz CT molecular complexity index is 1330. The first-order valence-electron chi connectivity index (χ1n) is 12.9. The van der Waals surface area contributed by atoms with Crippen LogP contribution < -0.4 is 15.0 Å². The molecule has 0 saturated carbocycles. The van der Waals surface area contributed by atoms with Gasteiger partial charge in [-0.05, 0) is 112 Å². The molecule has 200 valence electrons. The summed E-state index contributed by atoms with van der Waals surface area (Å²) in [6.07, 6.45) is 5.08. The van der Waals surface area contributed by atoms with Gasteiger partial charge < -0.3 is 15.0 Å². The van der Waals surface area contributed by atoms with Gasteiger partial charge in [0.1, 0.15) is 12.3 Å². The highest BCUT2D eigenvalue weighted by Gasteiger charge is 2.37. The number of hydrogen-bond donors (Lipinski definition) is 1. The van der Waals surface area contributed by atoms with Gasteiger partial charge in [0, 0.05) is 23.5 Å². The number of amides is 3. The van der Waals surface area contributed by atoms with E-state index in [0.717, 1.165) is 46.3 Å². The Kier molecular flexibility index (Phi) is 8.02. The SMILES string of the molecule is CCCN1c2cc(C)c(/C=C3/SC(=O)N(CC(=O)Nc4ccc(OCC)cc4)C3=O)cc2C(C)=CC1(C)C. The quantitative estimate of drug-likeness (QED) is 0.391. The minimum Gasteiger partial charge on any atom is -0.494 e. The third-order valence-corrected chi connectivity index (χ3v) is 7.63. The zero-order chi connectivity index (χ0) is 27.6. The maximum atomic E-state index is 13.1. The zero-order valence-corrected chi connectivity index (χ0v) is 23.7. The van der Waals surface area contributed by atoms with Gasteiger partial charge in [0.2, 0.25) is 5.91 Å². The van der Waals surface area contributed by atoms with Crippen LogP contribution >= 0.6 is 11.8 Å². The third-order valence-electron chi connectivity index (χ3n) is 6.72. The number of thioether (sulfide) groups is 1. The second-order valence-corrected chi connectivity index (χ2v) is 11.1. The lowest BCUT2D eigenvalue weighted by molar-refractivity contribution is -0.127. The second kappa shape index (κ2) is 11.1. The van der Waals surface area contributed by atoms with Crippen LogP contribution in [0, 0.1) is 6.92 Å². The molecule has 0 spiro atoms. The predicted molar refractivity (Wildman–Crippen MR) is 155 cm³/mol. The van der Waals surface area contributed by atoms with E-state index >= 15 is 0 Å². The number of rotatable bonds is 8. The molecule has 2 aromatic carbocycles. The van der Waals surface area contributed by atoms with Gasteiger partial charge in [-0.25, -0.2) is 0 Å². The number of allylic oxidation sites excluding steroid dienone is 1. The highest BCUT2D eigenvalue weighted by atomic mass is 32.2. The molecule has 1 saturated heterocycles. The molecule has 1 fully saturated rings. The average molecular weight is 534 g/mol. The molecule has 0 aromatic heterocycles. The molecule has 2 aliphatic rings. The molecule has 0 atom stereocenters. The van der Waals surface area contributed by atoms with Crippen molar-refractivity contribution in [3.8, 4) is 5.75 Å². The number of ether oxygens (including phenoxy) is 1. The molecule has 0 aliphatic carbocycles. The first-order valence-corrected chi connectivity index (χ1v) is 13.8. The van der Waals surface area contributed by atoms with E-state index in [1.807, 2.05) is 13.8 Å². The number of nitrogens with one attached hydrogen (secondary N) is 1. The fourth-order valence-electron chi connectivity index (χ4n) is 4.96. The maximum Gasteiger partial charge on any atom is 0.294 e. The van der Waals surface area contributed by atoms with E-state index in [1.54, 1.807) is 30.3 Å². The van der Waals surface area contributed by atoms with E-state index in [1.165, 1.54) is 11.3 Å². The lowest BCUT2D eigenvalue weighted by atomic mass is 9.86. The summed E-state index contributed by atoms with van der Waals surface area (Å²) in [6, 6.07) is 11.2. The molecule has 2 aromatic rings. The zero-order valence-electron chi connectivity index (χ0n) is 22.9. The fraction of sp³-hybridized carbons (Fsp3) is 0.367. The molecule has 8 heteroatoms. The minimum atomic E-state index is -0.458. The molecule has 0 bridgehead atoms. The number of carbonyl (C=O) groups is 3. The van der Waals surface area contributed by atoms with Gasteiger partial charge in [-0.2, -0.15) is 0 Å². The Morgan fingerprint density at radius 1 is 1.11 bits per heavy atom. The van der Waals surface area contributed by atoms with Crippen molar-refractivity contribution in [3.05, 3.63) is 64.1 Å². The number of carbonyl (C=O) groups excluding carboxylic acids is 3. The molecule has 3 amide bonds. The highest BCUT2D eigenvalue weighted by Crippen LogP contribution is 2.41. The van der Waals surface area contributed by atoms with E-state index in [4.69, 9.17) is 4.74 Å². The number of hydrogen-bond acceptors (Lipinski definition) is 6. The lowest BCUT2D eigenvalue weighted by Gasteiger charge is -2.43. The van der Waals surface area contributed by atoms with Gasteiger partial charge in [0.05, 0.1) is 17.1 Å². The molecule has 0 unspecified atom stereocenters. The summed E-state index contributed by atoms with van der Waals surface area (Å²) >= 11 is 0.865. The number of nitrogens with zero attached hydrogens (tertiary/aromatic N) is 2. The van der Waals surface area contributed by atoms with Crippen LogP contribution in [0.15, 0.2) is 47.4 Å². The van der Waals surface area contributed by atoms with Crippen molar-refractivity contribution in [2.45, 2.75) is 53.5 Å². The Hall–Kier alpha value is -3.52. The largest absolute Gasteiger partial charge is 0.494 e. The van der Waals surface area contributed by atoms with Crippen molar-refractivity contribution in [1.29, 1.82) is 0 Å². The van der Waals surface area contributed by atoms with Crippen LogP contribution in [0.4, 0.5) is 16.2 Å². The third kappa shape index (κ3) is 5.65. The summed E-state index contributed by atoms with van der Waals surface area (Å²) in [5.41, 5.74) is 5.89. The van der Waals surface area contributed by atoms with Crippen LogP contribution in [-0.4, -0.2) is 47.2 Å². The first-order chi connectivity index (χ1) is 18.0. The second-order valence-electron chi connectivity index (χ2n) is 10.1. The van der Waals surface area contributed by atoms with Crippen molar-refractivity contribution < 1.29 is 19.1 Å². The fourth-order valence-corrected chi connectivity index (χ4v) is 5.78. The van der Waals surface area contributed by atoms with Crippen molar-refractivity contribution in [3.63, 3.8) is 0 Å². The van der Waals surface area contributed by atoms with E-state index in [9.17, 15) is 14.4 Å². The number of anilines is 2. The van der Waals surface area contributed by atoms with Crippen LogP contribution in [0.5, 0.6) is 5.75 Å². The van der Waals surface area contributed by atoms with Crippen molar-refractivity contribution in [2.75, 3.05) is 29.9 Å². The van der Waals surface area contributed by atoms with Crippen LogP contribution in [0.3, 0.4) is 0 Å². The smallest absolute Gasteiger partial charge is 0.294 e. The molecule has 4 rings (SSSR count). The molecule has 2 heterocycles. The van der Waals surface area contributed by atoms with Gasteiger partial charge in [-0.1, -0.05) is 13.0 Å². The molecule has 0 radical (unpaired) electrons. The summed E-state index contributed by atoms with van der Waals surface area (Å²) in [5.74, 6) is -0.200. The van der Waals surface area contributed by atoms with Gasteiger partial charge in [-0.3, -0.25) is 19.3 Å². The highest BCUT2D eigenvalue weighted by molar-refractivity contribution is 8.18. The number of fused-ring (bicyclic) bond motifs is 1. The van der Waals surface area contributed by atoms with E-state index in [2.05, 4.69) is 56.1 Å². The van der Waals surface area contributed by atoms with Crippen LogP contribution in [0.1, 0.15) is 57.7 Å². The molecule has 2 aliphatic heterocycles. The van der Waals surface area contributed by atoms with E-state index in [-0.39, 0.29) is 12.1 Å². The van der Waals surface area contributed by atoms with Gasteiger partial charge >= 0.3 is 0 Å². The van der Waals surface area contributed by atoms with Gasteiger partial charge in [0.15, 0.2) is 0 Å². The van der Waals surface area contributed by atoms with Gasteiger partial charge in [0.25, 0.3) is 11.1 Å². The topological polar surface area (TPSA) is 79.0 Å². The summed E-state index contributed by atoms with van der Waals surface area (Å²) in [5, 5.41) is 2.28. The molecular formula is C30H35N3O4S. The predicted octanol–water partition coefficient (Wildman–Crippen LogP) is 6.48. The Labute approximate surface area is 228 Å². The number of benzene rings is 2. The summed E-state index contributed by atoms with van der Waals surface area (Å²) in [6.45, 7) is 13.8. The normalized spacial score (nSPS) is 17.5. The van der Waals surface area contributed by atoms with Crippen molar-refractivity contribution >= 4 is 51.8 Å².